The number of anilines is 1. The van der Waals surface area contributed by atoms with Crippen molar-refractivity contribution >= 4 is 23.3 Å². The molecule has 0 atom stereocenters. The Balaban J connectivity index is 1.89. The van der Waals surface area contributed by atoms with Crippen molar-refractivity contribution in [3.05, 3.63) is 59.7 Å². The molecule has 2 aromatic carbocycles. The number of ketones is 1. The van der Waals surface area contributed by atoms with Crippen molar-refractivity contribution in [2.75, 3.05) is 19.0 Å². The molecule has 0 fully saturated rings. The van der Waals surface area contributed by atoms with Gasteiger partial charge in [0, 0.05) is 6.42 Å². The van der Waals surface area contributed by atoms with Crippen LogP contribution in [0.2, 0.25) is 0 Å². The number of carbonyl (C=O) groups excluding carboxylic acids is 3. The van der Waals surface area contributed by atoms with Gasteiger partial charge in [0.15, 0.2) is 6.61 Å². The number of nitrogens with one attached hydrogen (secondary N) is 1. The molecule has 136 valence electrons. The smallest absolute Gasteiger partial charge is 0.339 e. The van der Waals surface area contributed by atoms with Gasteiger partial charge in [0.25, 0.3) is 5.91 Å². The first kappa shape index (κ1) is 19.2. The van der Waals surface area contributed by atoms with Gasteiger partial charge in [-0.2, -0.15) is 0 Å². The molecule has 1 amide bonds. The van der Waals surface area contributed by atoms with Crippen LogP contribution in [0.5, 0.6) is 5.75 Å². The van der Waals surface area contributed by atoms with Crippen molar-refractivity contribution in [1.29, 1.82) is 0 Å². The predicted octanol–water partition coefficient (Wildman–Crippen LogP) is 3.01. The molecule has 0 saturated heterocycles. The zero-order chi connectivity index (χ0) is 18.9. The van der Waals surface area contributed by atoms with Crippen LogP contribution in [0.1, 0.15) is 29.3 Å². The second-order valence-corrected chi connectivity index (χ2v) is 5.72. The minimum atomic E-state index is -0.525. The van der Waals surface area contributed by atoms with E-state index < -0.39 is 5.97 Å². The summed E-state index contributed by atoms with van der Waals surface area (Å²) in [4.78, 5) is 34.8. The van der Waals surface area contributed by atoms with Crippen LogP contribution in [0.3, 0.4) is 0 Å². The van der Waals surface area contributed by atoms with Crippen LogP contribution >= 0.6 is 0 Å². The molecule has 0 spiro atoms. The first-order chi connectivity index (χ1) is 12.5. The predicted molar refractivity (Wildman–Crippen MR) is 97.4 cm³/mol. The number of amides is 1. The lowest BCUT2D eigenvalue weighted by molar-refractivity contribution is -0.118. The summed E-state index contributed by atoms with van der Waals surface area (Å²) in [5.41, 5.74) is 1.68. The van der Waals surface area contributed by atoms with Gasteiger partial charge in [0.2, 0.25) is 0 Å². The maximum absolute atomic E-state index is 12.1. The van der Waals surface area contributed by atoms with Gasteiger partial charge in [-0.25, -0.2) is 4.79 Å². The number of rotatable bonds is 8. The van der Waals surface area contributed by atoms with Crippen LogP contribution in [-0.4, -0.2) is 31.4 Å². The highest BCUT2D eigenvalue weighted by molar-refractivity contribution is 6.01. The molecule has 0 aliphatic carbocycles. The lowest BCUT2D eigenvalue weighted by Crippen LogP contribution is -2.21. The van der Waals surface area contributed by atoms with Gasteiger partial charge in [-0.05, 0) is 43.2 Å². The highest BCUT2D eigenvalue weighted by Gasteiger charge is 2.13. The van der Waals surface area contributed by atoms with Gasteiger partial charge in [-0.3, -0.25) is 4.79 Å². The number of aryl methyl sites for hydroxylation is 1. The van der Waals surface area contributed by atoms with Crippen LogP contribution in [0, 0.1) is 0 Å². The van der Waals surface area contributed by atoms with Gasteiger partial charge in [0.1, 0.15) is 11.5 Å². The van der Waals surface area contributed by atoms with E-state index in [-0.39, 0.29) is 23.9 Å². The number of para-hydroxylation sites is 1. The Kier molecular flexibility index (Phi) is 6.91. The first-order valence-corrected chi connectivity index (χ1v) is 8.18. The van der Waals surface area contributed by atoms with Crippen LogP contribution in [0.15, 0.2) is 48.5 Å². The molecule has 0 aliphatic heterocycles. The Hall–Kier alpha value is -3.15. The summed E-state index contributed by atoms with van der Waals surface area (Å²) in [6.07, 6.45) is 1.18. The summed E-state index contributed by atoms with van der Waals surface area (Å²) in [5, 5.41) is 2.64. The van der Waals surface area contributed by atoms with E-state index in [1.165, 1.54) is 7.11 Å². The maximum atomic E-state index is 12.1. The standard InChI is InChI=1S/C20H21NO5/c1-14(22)7-8-15-9-11-16(12-10-15)26-13-19(23)21-18-6-4-3-5-17(18)20(24)25-2/h3-6,9-12H,7-8,13H2,1-2H3,(H,21,23). The fraction of sp³-hybridized carbons (Fsp3) is 0.250. The van der Waals surface area contributed by atoms with Crippen LogP contribution in [0.4, 0.5) is 5.69 Å². The SMILES string of the molecule is COC(=O)c1ccccc1NC(=O)COc1ccc(CCC(C)=O)cc1. The lowest BCUT2D eigenvalue weighted by Gasteiger charge is -2.10. The van der Waals surface area contributed by atoms with E-state index in [4.69, 9.17) is 9.47 Å². The second kappa shape index (κ2) is 9.36. The van der Waals surface area contributed by atoms with Crippen molar-refractivity contribution in [1.82, 2.24) is 0 Å². The topological polar surface area (TPSA) is 81.7 Å². The molecule has 0 unspecified atom stereocenters. The number of benzene rings is 2. The minimum Gasteiger partial charge on any atom is -0.484 e. The summed E-state index contributed by atoms with van der Waals surface area (Å²) in [6, 6.07) is 13.8. The van der Waals surface area contributed by atoms with Crippen molar-refractivity contribution in [2.24, 2.45) is 0 Å². The summed E-state index contributed by atoms with van der Waals surface area (Å²) >= 11 is 0. The molecular weight excluding hydrogens is 334 g/mol. The lowest BCUT2D eigenvalue weighted by atomic mass is 10.1. The number of Topliss-reactive ketones (excluding diaryl/α,β-unsaturated/α-hetero) is 1. The van der Waals surface area contributed by atoms with E-state index in [1.54, 1.807) is 43.3 Å². The molecule has 0 aliphatic rings. The Morgan fingerprint density at radius 2 is 1.69 bits per heavy atom. The molecule has 26 heavy (non-hydrogen) atoms. The van der Waals surface area contributed by atoms with E-state index in [9.17, 15) is 14.4 Å². The first-order valence-electron chi connectivity index (χ1n) is 8.18. The average molecular weight is 355 g/mol. The molecule has 1 N–H and O–H groups in total. The number of methoxy groups -OCH3 is 1. The van der Waals surface area contributed by atoms with E-state index in [0.717, 1.165) is 5.56 Å². The van der Waals surface area contributed by atoms with Gasteiger partial charge in [-0.1, -0.05) is 24.3 Å². The molecule has 2 aromatic rings. The fourth-order valence-corrected chi connectivity index (χ4v) is 2.29. The Morgan fingerprint density at radius 1 is 1.00 bits per heavy atom. The van der Waals surface area contributed by atoms with E-state index in [2.05, 4.69) is 5.32 Å². The molecular formula is C20H21NO5. The fourth-order valence-electron chi connectivity index (χ4n) is 2.29. The van der Waals surface area contributed by atoms with Crippen molar-refractivity contribution in [3.8, 4) is 5.75 Å². The number of esters is 1. The molecule has 0 radical (unpaired) electrons. The highest BCUT2D eigenvalue weighted by Crippen LogP contribution is 2.17. The Bertz CT molecular complexity index is 783. The number of carbonyl (C=O) groups is 3. The third-order valence-corrected chi connectivity index (χ3v) is 3.67. The van der Waals surface area contributed by atoms with Crippen molar-refractivity contribution in [3.63, 3.8) is 0 Å². The van der Waals surface area contributed by atoms with Gasteiger partial charge in [-0.15, -0.1) is 0 Å². The summed E-state index contributed by atoms with van der Waals surface area (Å²) < 4.78 is 10.1. The molecule has 0 heterocycles. The van der Waals surface area contributed by atoms with Gasteiger partial charge >= 0.3 is 5.97 Å². The van der Waals surface area contributed by atoms with Crippen LogP contribution < -0.4 is 10.1 Å². The van der Waals surface area contributed by atoms with Crippen LogP contribution in [-0.2, 0) is 20.7 Å². The van der Waals surface area contributed by atoms with Gasteiger partial charge in [0.05, 0.1) is 18.4 Å². The Labute approximate surface area is 152 Å². The summed E-state index contributed by atoms with van der Waals surface area (Å²) in [7, 11) is 1.28. The van der Waals surface area contributed by atoms with Gasteiger partial charge < -0.3 is 19.6 Å². The van der Waals surface area contributed by atoms with Crippen molar-refractivity contribution in [2.45, 2.75) is 19.8 Å². The molecule has 2 rings (SSSR count). The normalized spacial score (nSPS) is 10.1. The Morgan fingerprint density at radius 3 is 2.35 bits per heavy atom. The van der Waals surface area contributed by atoms with Crippen LogP contribution in [0.25, 0.3) is 0 Å². The number of ether oxygens (including phenoxy) is 2. The third-order valence-electron chi connectivity index (χ3n) is 3.67. The average Bonchev–Trinajstić information content (AvgIpc) is 2.65. The van der Waals surface area contributed by atoms with E-state index in [1.807, 2.05) is 12.1 Å². The summed E-state index contributed by atoms with van der Waals surface area (Å²) in [6.45, 7) is 1.37. The minimum absolute atomic E-state index is 0.147. The number of hydrogen-bond donors (Lipinski definition) is 1. The third kappa shape index (κ3) is 5.73. The maximum Gasteiger partial charge on any atom is 0.339 e. The quantitative estimate of drug-likeness (QED) is 0.736. The zero-order valence-electron chi connectivity index (χ0n) is 14.8. The molecule has 0 bridgehead atoms. The van der Waals surface area contributed by atoms with Crippen molar-refractivity contribution < 1.29 is 23.9 Å². The largest absolute Gasteiger partial charge is 0.484 e. The summed E-state index contributed by atoms with van der Waals surface area (Å²) in [5.74, 6) is -0.216. The molecule has 0 aromatic heterocycles. The second-order valence-electron chi connectivity index (χ2n) is 5.72. The molecule has 6 nitrogen and oxygen atoms in total. The van der Waals surface area contributed by atoms with E-state index >= 15 is 0 Å². The molecule has 0 saturated carbocycles. The molecule has 6 heteroatoms. The van der Waals surface area contributed by atoms with E-state index in [0.29, 0.717) is 24.3 Å². The monoisotopic (exact) mass is 355 g/mol. The zero-order valence-corrected chi connectivity index (χ0v) is 14.8. The highest BCUT2D eigenvalue weighted by atomic mass is 16.5. The number of hydrogen-bond acceptors (Lipinski definition) is 5.